The molecule has 1 aromatic heterocycles. The summed E-state index contributed by atoms with van der Waals surface area (Å²) in [7, 11) is 0. The van der Waals surface area contributed by atoms with Gasteiger partial charge in [0.05, 0.1) is 25.5 Å². The summed E-state index contributed by atoms with van der Waals surface area (Å²) in [6.45, 7) is 4.56. The van der Waals surface area contributed by atoms with E-state index in [1.54, 1.807) is 6.07 Å². The van der Waals surface area contributed by atoms with E-state index in [0.29, 0.717) is 37.9 Å². The van der Waals surface area contributed by atoms with Crippen LogP contribution in [-0.4, -0.2) is 42.3 Å². The highest BCUT2D eigenvalue weighted by Gasteiger charge is 2.16. The van der Waals surface area contributed by atoms with Crippen LogP contribution in [0, 0.1) is 18.6 Å². The van der Waals surface area contributed by atoms with Gasteiger partial charge in [-0.15, -0.1) is 0 Å². The number of hydrogen-bond donors (Lipinski definition) is 2. The molecule has 0 spiro atoms. The van der Waals surface area contributed by atoms with Crippen LogP contribution in [0.1, 0.15) is 11.4 Å². The molecule has 3 rings (SSSR count). The zero-order valence-corrected chi connectivity index (χ0v) is 14.3. The molecular weight excluding hydrogens is 344 g/mol. The fourth-order valence-corrected chi connectivity index (χ4v) is 2.56. The monoisotopic (exact) mass is 363 g/mol. The Morgan fingerprint density at radius 2 is 1.92 bits per heavy atom. The predicted octanol–water partition coefficient (Wildman–Crippen LogP) is 2.22. The number of nitrogens with zero attached hydrogens (tertiary/aromatic N) is 3. The number of anilines is 2. The predicted molar refractivity (Wildman–Crippen MR) is 92.0 cm³/mol. The molecular formula is C17H19F2N5O2. The summed E-state index contributed by atoms with van der Waals surface area (Å²) in [6.07, 6.45) is 0. The molecule has 2 N–H and O–H groups in total. The van der Waals surface area contributed by atoms with Crippen molar-refractivity contribution in [3.8, 4) is 0 Å². The topological polar surface area (TPSA) is 79.4 Å². The minimum atomic E-state index is -0.840. The molecule has 0 atom stereocenters. The first-order chi connectivity index (χ1) is 12.5. The number of amides is 2. The van der Waals surface area contributed by atoms with Crippen LogP contribution in [0.15, 0.2) is 24.3 Å². The average Bonchev–Trinajstić information content (AvgIpc) is 2.63. The first-order valence-electron chi connectivity index (χ1n) is 8.19. The Morgan fingerprint density at radius 1 is 1.23 bits per heavy atom. The number of hydrogen-bond acceptors (Lipinski definition) is 5. The summed E-state index contributed by atoms with van der Waals surface area (Å²) in [5.74, 6) is -1.11. The Kier molecular flexibility index (Phi) is 5.57. The quantitative estimate of drug-likeness (QED) is 0.871. The van der Waals surface area contributed by atoms with Crippen LogP contribution in [0.3, 0.4) is 0 Å². The lowest BCUT2D eigenvalue weighted by Gasteiger charge is -2.27. The number of carbonyl (C=O) groups excluding carboxylic acids is 1. The molecule has 0 saturated carbocycles. The molecule has 1 aromatic carbocycles. The number of benzene rings is 1. The number of para-hydroxylation sites is 1. The Morgan fingerprint density at radius 3 is 2.62 bits per heavy atom. The summed E-state index contributed by atoms with van der Waals surface area (Å²) in [4.78, 5) is 22.8. The number of carbonyl (C=O) groups is 1. The molecule has 2 aromatic rings. The average molecular weight is 363 g/mol. The minimum Gasteiger partial charge on any atom is -0.378 e. The highest BCUT2D eigenvalue weighted by molar-refractivity contribution is 5.89. The largest absolute Gasteiger partial charge is 0.378 e. The number of aromatic nitrogens is 2. The van der Waals surface area contributed by atoms with Crippen molar-refractivity contribution in [1.82, 2.24) is 15.3 Å². The second-order valence-corrected chi connectivity index (χ2v) is 5.80. The van der Waals surface area contributed by atoms with Gasteiger partial charge in [-0.2, -0.15) is 0 Å². The van der Waals surface area contributed by atoms with E-state index in [1.807, 2.05) is 11.8 Å². The van der Waals surface area contributed by atoms with Crippen LogP contribution in [0.5, 0.6) is 0 Å². The molecule has 0 bridgehead atoms. The summed E-state index contributed by atoms with van der Waals surface area (Å²) in [5, 5.41) is 4.71. The van der Waals surface area contributed by atoms with Gasteiger partial charge in [-0.05, 0) is 25.1 Å². The number of aryl methyl sites for hydroxylation is 1. The highest BCUT2D eigenvalue weighted by atomic mass is 19.1. The van der Waals surface area contributed by atoms with E-state index < -0.39 is 23.4 Å². The molecule has 1 saturated heterocycles. The van der Waals surface area contributed by atoms with Gasteiger partial charge in [-0.1, -0.05) is 6.07 Å². The van der Waals surface area contributed by atoms with Gasteiger partial charge in [-0.25, -0.2) is 23.5 Å². The summed E-state index contributed by atoms with van der Waals surface area (Å²) < 4.78 is 32.4. The minimum absolute atomic E-state index is 0.0998. The van der Waals surface area contributed by atoms with Gasteiger partial charge in [0.25, 0.3) is 0 Å². The molecule has 0 radical (unpaired) electrons. The molecule has 0 aliphatic carbocycles. The zero-order chi connectivity index (χ0) is 18.5. The molecule has 138 valence electrons. The third-order valence-corrected chi connectivity index (χ3v) is 3.82. The van der Waals surface area contributed by atoms with Crippen molar-refractivity contribution in [2.75, 3.05) is 36.5 Å². The number of ether oxygens (including phenoxy) is 1. The van der Waals surface area contributed by atoms with E-state index in [1.165, 1.54) is 6.07 Å². The number of rotatable bonds is 4. The molecule has 7 nitrogen and oxygen atoms in total. The Balaban J connectivity index is 1.63. The van der Waals surface area contributed by atoms with E-state index in [2.05, 4.69) is 20.6 Å². The van der Waals surface area contributed by atoms with Crippen molar-refractivity contribution in [3.05, 3.63) is 47.3 Å². The van der Waals surface area contributed by atoms with Gasteiger partial charge in [-0.3, -0.25) is 0 Å². The van der Waals surface area contributed by atoms with Gasteiger partial charge < -0.3 is 20.3 Å². The highest BCUT2D eigenvalue weighted by Crippen LogP contribution is 2.17. The fraction of sp³-hybridized carbons (Fsp3) is 0.353. The van der Waals surface area contributed by atoms with Crippen LogP contribution in [0.25, 0.3) is 0 Å². The van der Waals surface area contributed by atoms with Gasteiger partial charge in [0.2, 0.25) is 5.95 Å². The van der Waals surface area contributed by atoms with Crippen molar-refractivity contribution in [3.63, 3.8) is 0 Å². The van der Waals surface area contributed by atoms with Crippen molar-refractivity contribution in [2.45, 2.75) is 13.5 Å². The maximum atomic E-state index is 13.6. The third kappa shape index (κ3) is 4.42. The normalized spacial score (nSPS) is 14.2. The summed E-state index contributed by atoms with van der Waals surface area (Å²) in [6, 6.07) is 4.39. The van der Waals surface area contributed by atoms with Gasteiger partial charge in [0, 0.05) is 18.8 Å². The number of halogens is 2. The van der Waals surface area contributed by atoms with Crippen molar-refractivity contribution < 1.29 is 18.3 Å². The van der Waals surface area contributed by atoms with Crippen LogP contribution < -0.4 is 15.5 Å². The lowest BCUT2D eigenvalue weighted by Crippen LogP contribution is -2.37. The number of urea groups is 1. The summed E-state index contributed by atoms with van der Waals surface area (Å²) in [5.41, 5.74) is 0.875. The SMILES string of the molecule is Cc1cc(CNC(=O)Nc2c(F)cccc2F)nc(N2CCOCC2)n1. The van der Waals surface area contributed by atoms with Crippen LogP contribution >= 0.6 is 0 Å². The van der Waals surface area contributed by atoms with E-state index in [-0.39, 0.29) is 6.54 Å². The molecule has 1 fully saturated rings. The zero-order valence-electron chi connectivity index (χ0n) is 14.3. The lowest BCUT2D eigenvalue weighted by molar-refractivity contribution is 0.122. The van der Waals surface area contributed by atoms with E-state index in [0.717, 1.165) is 17.8 Å². The molecule has 0 unspecified atom stereocenters. The lowest BCUT2D eigenvalue weighted by atomic mass is 10.3. The van der Waals surface area contributed by atoms with Crippen LogP contribution in [-0.2, 0) is 11.3 Å². The molecule has 1 aliphatic rings. The maximum absolute atomic E-state index is 13.6. The summed E-state index contributed by atoms with van der Waals surface area (Å²) >= 11 is 0. The number of nitrogens with one attached hydrogen (secondary N) is 2. The smallest absolute Gasteiger partial charge is 0.319 e. The van der Waals surface area contributed by atoms with Crippen LogP contribution in [0.4, 0.5) is 25.2 Å². The number of morpholine rings is 1. The second kappa shape index (κ2) is 8.05. The van der Waals surface area contributed by atoms with E-state index >= 15 is 0 Å². The van der Waals surface area contributed by atoms with E-state index in [4.69, 9.17) is 4.74 Å². The van der Waals surface area contributed by atoms with Crippen molar-refractivity contribution in [1.29, 1.82) is 0 Å². The second-order valence-electron chi connectivity index (χ2n) is 5.80. The first-order valence-corrected chi connectivity index (χ1v) is 8.19. The van der Waals surface area contributed by atoms with Crippen molar-refractivity contribution in [2.24, 2.45) is 0 Å². The Bertz CT molecular complexity index is 776. The molecule has 2 amide bonds. The molecule has 1 aliphatic heterocycles. The first kappa shape index (κ1) is 18.0. The maximum Gasteiger partial charge on any atom is 0.319 e. The molecule has 26 heavy (non-hydrogen) atoms. The Labute approximate surface area is 149 Å². The molecule has 9 heteroatoms. The van der Waals surface area contributed by atoms with Crippen LogP contribution in [0.2, 0.25) is 0 Å². The fourth-order valence-electron chi connectivity index (χ4n) is 2.56. The Hall–Kier alpha value is -2.81. The molecule has 2 heterocycles. The standard InChI is InChI=1S/C17H19F2N5O2/c1-11-9-12(22-16(21-11)24-5-7-26-8-6-24)10-20-17(25)23-15-13(18)3-2-4-14(15)19/h2-4,9H,5-8,10H2,1H3,(H2,20,23,25). The van der Waals surface area contributed by atoms with Gasteiger partial charge in [0.15, 0.2) is 0 Å². The van der Waals surface area contributed by atoms with Crippen molar-refractivity contribution >= 4 is 17.7 Å². The van der Waals surface area contributed by atoms with E-state index in [9.17, 15) is 13.6 Å². The third-order valence-electron chi connectivity index (χ3n) is 3.82. The van der Waals surface area contributed by atoms with Gasteiger partial charge in [0.1, 0.15) is 17.3 Å². The van der Waals surface area contributed by atoms with Gasteiger partial charge >= 0.3 is 6.03 Å².